The average Bonchev–Trinajstić information content (AvgIpc) is 3.46. The predicted octanol–water partition coefficient (Wildman–Crippen LogP) is -0.636. The van der Waals surface area contributed by atoms with Crippen LogP contribution in [0.2, 0.25) is 0 Å². The SMILES string of the molecule is Cn1c2ccc(OCCO/N=C(\C(=O)NC3C(=O)N(OS(=O)(=O)O)C3(C)C)c3csc(N)n3)cc2c[n+]1CC1CNC1. The van der Waals surface area contributed by atoms with Gasteiger partial charge in [0.2, 0.25) is 6.20 Å². The number of nitrogens with two attached hydrogens (primary N) is 1. The minimum atomic E-state index is -4.94. The lowest BCUT2D eigenvalue weighted by Gasteiger charge is -2.50. The fourth-order valence-electron chi connectivity index (χ4n) is 4.65. The Labute approximate surface area is 244 Å². The molecule has 2 saturated heterocycles. The molecule has 1 aromatic carbocycles. The van der Waals surface area contributed by atoms with Gasteiger partial charge in [0, 0.05) is 24.4 Å². The number of oxime groups is 1. The number of thiazole rings is 1. The number of anilines is 1. The van der Waals surface area contributed by atoms with Crippen molar-refractivity contribution in [3.8, 4) is 5.75 Å². The number of carbonyl (C=O) groups is 2. The highest BCUT2D eigenvalue weighted by molar-refractivity contribution is 7.80. The molecule has 0 spiro atoms. The van der Waals surface area contributed by atoms with Crippen molar-refractivity contribution in [3.05, 3.63) is 35.5 Å². The number of hydroxylamine groups is 2. The summed E-state index contributed by atoms with van der Waals surface area (Å²) in [7, 11) is -2.92. The molecule has 2 fully saturated rings. The Kier molecular flexibility index (Phi) is 8.08. The number of nitrogens with one attached hydrogen (secondary N) is 2. The van der Waals surface area contributed by atoms with Gasteiger partial charge < -0.3 is 25.9 Å². The van der Waals surface area contributed by atoms with Crippen LogP contribution < -0.4 is 25.8 Å². The number of ether oxygens (including phenoxy) is 1. The second-order valence-corrected chi connectivity index (χ2v) is 12.3. The van der Waals surface area contributed by atoms with E-state index in [9.17, 15) is 18.0 Å². The van der Waals surface area contributed by atoms with Crippen LogP contribution in [-0.2, 0) is 42.7 Å². The number of benzene rings is 1. The first-order valence-corrected chi connectivity index (χ1v) is 15.1. The molecule has 16 nitrogen and oxygen atoms in total. The fourth-order valence-corrected chi connectivity index (χ4v) is 5.65. The van der Waals surface area contributed by atoms with Gasteiger partial charge in [-0.3, -0.25) is 14.1 Å². The van der Waals surface area contributed by atoms with E-state index in [1.807, 2.05) is 25.2 Å². The predicted molar refractivity (Wildman–Crippen MR) is 149 cm³/mol. The number of hydrogen-bond donors (Lipinski definition) is 4. The van der Waals surface area contributed by atoms with E-state index in [2.05, 4.69) is 40.6 Å². The van der Waals surface area contributed by atoms with E-state index in [0.29, 0.717) is 16.7 Å². The van der Waals surface area contributed by atoms with Gasteiger partial charge in [-0.25, -0.2) is 4.98 Å². The molecule has 42 heavy (non-hydrogen) atoms. The molecule has 2 aromatic heterocycles. The van der Waals surface area contributed by atoms with Gasteiger partial charge in [0.25, 0.3) is 11.8 Å². The van der Waals surface area contributed by atoms with Crippen molar-refractivity contribution < 1.29 is 41.1 Å². The molecule has 2 aliphatic rings. The maximum Gasteiger partial charge on any atom is 0.418 e. The highest BCUT2D eigenvalue weighted by Crippen LogP contribution is 2.33. The second-order valence-electron chi connectivity index (χ2n) is 10.4. The largest absolute Gasteiger partial charge is 0.490 e. The number of hydrogen-bond acceptors (Lipinski definition) is 12. The van der Waals surface area contributed by atoms with Gasteiger partial charge in [0.15, 0.2) is 24.0 Å². The summed E-state index contributed by atoms with van der Waals surface area (Å²) in [6, 6.07) is 4.61. The number of aryl methyl sites for hydroxylation is 1. The third-order valence-corrected chi connectivity index (χ3v) is 8.04. The van der Waals surface area contributed by atoms with Crippen LogP contribution in [0.4, 0.5) is 5.13 Å². The molecule has 2 aliphatic heterocycles. The molecule has 1 unspecified atom stereocenters. The lowest BCUT2D eigenvalue weighted by atomic mass is 9.84. The monoisotopic (exact) mass is 623 g/mol. The molecule has 4 heterocycles. The molecule has 2 amide bonds. The van der Waals surface area contributed by atoms with E-state index in [4.69, 9.17) is 19.9 Å². The van der Waals surface area contributed by atoms with Gasteiger partial charge in [0.05, 0.1) is 18.0 Å². The van der Waals surface area contributed by atoms with Crippen molar-refractivity contribution in [2.45, 2.75) is 32.0 Å². The van der Waals surface area contributed by atoms with Crippen molar-refractivity contribution in [2.75, 3.05) is 32.0 Å². The smallest absolute Gasteiger partial charge is 0.418 e. The van der Waals surface area contributed by atoms with Gasteiger partial charge in [0.1, 0.15) is 29.6 Å². The van der Waals surface area contributed by atoms with Crippen molar-refractivity contribution in [1.29, 1.82) is 0 Å². The molecule has 0 saturated carbocycles. The standard InChI is InChI=1S/C24H30N8O8S2/c1-24(2)20(22(34)32(24)40-42(35,36)37)28-21(33)19(17-13-41-23(25)27-17)29-39-7-6-38-16-4-5-18-15(8-16)12-31(30(18)3)11-14-9-26-10-14/h4-5,8,12-14,20,26H,6-7,9-11H2,1-3H3,(H3-,25,27,28,33,35,36,37)/p+1/b29-19-. The summed E-state index contributed by atoms with van der Waals surface area (Å²) >= 11 is 1.08. The van der Waals surface area contributed by atoms with E-state index in [1.54, 1.807) is 0 Å². The van der Waals surface area contributed by atoms with E-state index >= 15 is 0 Å². The Balaban J connectivity index is 1.20. The topological polar surface area (TPSA) is 204 Å². The molecule has 18 heteroatoms. The molecular weight excluding hydrogens is 592 g/mol. The van der Waals surface area contributed by atoms with Crippen LogP contribution in [-0.4, -0.2) is 83.1 Å². The molecule has 1 atom stereocenters. The van der Waals surface area contributed by atoms with Crippen molar-refractivity contribution >= 4 is 55.3 Å². The van der Waals surface area contributed by atoms with Gasteiger partial charge in [-0.15, -0.1) is 20.3 Å². The quantitative estimate of drug-likeness (QED) is 0.0499. The Hall–Kier alpha value is -3.84. The summed E-state index contributed by atoms with van der Waals surface area (Å²) in [6.07, 6.45) is 2.09. The van der Waals surface area contributed by atoms with Crippen LogP contribution in [0.1, 0.15) is 19.5 Å². The molecule has 0 bridgehead atoms. The number of carbonyl (C=O) groups excluding carboxylic acids is 2. The number of rotatable bonds is 12. The molecule has 3 aromatic rings. The average molecular weight is 624 g/mol. The summed E-state index contributed by atoms with van der Waals surface area (Å²) in [5.74, 6) is -0.447. The minimum absolute atomic E-state index is 0.0122. The molecule has 5 rings (SSSR count). The maximum atomic E-state index is 13.1. The highest BCUT2D eigenvalue weighted by atomic mass is 32.3. The van der Waals surface area contributed by atoms with E-state index < -0.39 is 33.8 Å². The number of fused-ring (bicyclic) bond motifs is 1. The fraction of sp³-hybridized carbons (Fsp3) is 0.458. The maximum absolute atomic E-state index is 13.1. The highest BCUT2D eigenvalue weighted by Gasteiger charge is 2.58. The van der Waals surface area contributed by atoms with Gasteiger partial charge in [-0.1, -0.05) is 5.16 Å². The lowest BCUT2D eigenvalue weighted by Crippen LogP contribution is -2.76. The van der Waals surface area contributed by atoms with Crippen LogP contribution in [0.3, 0.4) is 0 Å². The van der Waals surface area contributed by atoms with Crippen LogP contribution >= 0.6 is 11.3 Å². The van der Waals surface area contributed by atoms with Crippen molar-refractivity contribution in [2.24, 2.45) is 18.1 Å². The lowest BCUT2D eigenvalue weighted by molar-refractivity contribution is -0.776. The third-order valence-electron chi connectivity index (χ3n) is 7.03. The van der Waals surface area contributed by atoms with Crippen LogP contribution in [0.25, 0.3) is 10.9 Å². The number of nitrogen functional groups attached to an aromatic ring is 1. The molecule has 226 valence electrons. The van der Waals surface area contributed by atoms with Crippen molar-refractivity contribution in [3.63, 3.8) is 0 Å². The summed E-state index contributed by atoms with van der Waals surface area (Å²) in [5.41, 5.74) is 5.35. The van der Waals surface area contributed by atoms with Crippen LogP contribution in [0.5, 0.6) is 5.75 Å². The van der Waals surface area contributed by atoms with Gasteiger partial charge >= 0.3 is 10.4 Å². The Bertz CT molecular complexity index is 1650. The molecule has 0 radical (unpaired) electrons. The normalized spacial score (nSPS) is 19.0. The Morgan fingerprint density at radius 3 is 2.74 bits per heavy atom. The molecule has 5 N–H and O–H groups in total. The summed E-state index contributed by atoms with van der Waals surface area (Å²) in [5, 5.41) is 12.9. The third kappa shape index (κ3) is 6.16. The Morgan fingerprint density at radius 2 is 2.12 bits per heavy atom. The van der Waals surface area contributed by atoms with E-state index in [1.165, 1.54) is 19.2 Å². The summed E-state index contributed by atoms with van der Waals surface area (Å²) in [4.78, 5) is 35.0. The molecular formula is C24H31N8O8S2+. The molecule has 0 aliphatic carbocycles. The Morgan fingerprint density at radius 1 is 1.36 bits per heavy atom. The number of amides is 2. The minimum Gasteiger partial charge on any atom is -0.490 e. The van der Waals surface area contributed by atoms with Crippen LogP contribution in [0, 0.1) is 5.92 Å². The zero-order valence-corrected chi connectivity index (χ0v) is 24.6. The summed E-state index contributed by atoms with van der Waals surface area (Å²) < 4.78 is 45.5. The number of aromatic nitrogens is 3. The first-order valence-electron chi connectivity index (χ1n) is 12.9. The van der Waals surface area contributed by atoms with E-state index in [-0.39, 0.29) is 29.8 Å². The number of β-lactam (4-membered cyclic amide) rings is 1. The first-order chi connectivity index (χ1) is 19.8. The zero-order valence-electron chi connectivity index (χ0n) is 23.0. The van der Waals surface area contributed by atoms with Gasteiger partial charge in [-0.05, 0) is 32.0 Å². The second kappa shape index (κ2) is 11.4. The first kappa shape index (κ1) is 29.6. The van der Waals surface area contributed by atoms with E-state index in [0.717, 1.165) is 41.9 Å². The van der Waals surface area contributed by atoms with Crippen LogP contribution in [0.15, 0.2) is 34.9 Å². The van der Waals surface area contributed by atoms with Crippen molar-refractivity contribution in [1.82, 2.24) is 25.4 Å². The van der Waals surface area contributed by atoms with Gasteiger partial charge in [-0.2, -0.15) is 18.2 Å². The number of nitrogens with zero attached hydrogens (tertiary/aromatic N) is 5. The summed E-state index contributed by atoms with van der Waals surface area (Å²) in [6.45, 7) is 5.96. The zero-order chi connectivity index (χ0) is 30.2.